The monoisotopic (exact) mass is 142 g/mol. The summed E-state index contributed by atoms with van der Waals surface area (Å²) in [6, 6.07) is 0. The summed E-state index contributed by atoms with van der Waals surface area (Å²) in [7, 11) is 0. The third-order valence-electron chi connectivity index (χ3n) is 1.53. The van der Waals surface area contributed by atoms with Gasteiger partial charge < -0.3 is 5.11 Å². The molecule has 0 aliphatic heterocycles. The van der Waals surface area contributed by atoms with Gasteiger partial charge in [-0.15, -0.1) is 11.3 Å². The molecule has 0 radical (unpaired) electrons. The minimum Gasteiger partial charge on any atom is -0.391 e. The quantitative estimate of drug-likeness (QED) is 0.634. The predicted molar refractivity (Wildman–Crippen MR) is 39.7 cm³/mol. The molecular weight excluding hydrogens is 132 g/mol. The lowest BCUT2D eigenvalue weighted by molar-refractivity contribution is 0.285. The molecule has 0 aliphatic carbocycles. The van der Waals surface area contributed by atoms with Crippen LogP contribution in [0.15, 0.2) is 5.38 Å². The van der Waals surface area contributed by atoms with Gasteiger partial charge in [-0.05, 0) is 30.4 Å². The summed E-state index contributed by atoms with van der Waals surface area (Å²) in [5, 5.41) is 10.8. The van der Waals surface area contributed by atoms with Gasteiger partial charge in [-0.2, -0.15) is 0 Å². The summed E-state index contributed by atoms with van der Waals surface area (Å²) >= 11 is 1.63. The van der Waals surface area contributed by atoms with E-state index in [-0.39, 0.29) is 6.61 Å². The first-order valence-electron chi connectivity index (χ1n) is 2.90. The molecule has 0 fully saturated rings. The molecule has 1 nitrogen and oxygen atoms in total. The van der Waals surface area contributed by atoms with E-state index in [1.54, 1.807) is 11.3 Å². The second-order valence-electron chi connectivity index (χ2n) is 2.13. The summed E-state index contributed by atoms with van der Waals surface area (Å²) in [6.07, 6.45) is 0. The molecular formula is C7H10OS. The van der Waals surface area contributed by atoms with Crippen molar-refractivity contribution >= 4 is 11.3 Å². The van der Waals surface area contributed by atoms with Crippen LogP contribution in [0.5, 0.6) is 0 Å². The van der Waals surface area contributed by atoms with Crippen LogP contribution in [-0.4, -0.2) is 5.11 Å². The molecule has 1 heterocycles. The van der Waals surface area contributed by atoms with E-state index in [2.05, 4.69) is 12.3 Å². The molecule has 0 amide bonds. The lowest BCUT2D eigenvalue weighted by Gasteiger charge is -1.91. The Kier molecular flexibility index (Phi) is 1.88. The Morgan fingerprint density at radius 2 is 2.22 bits per heavy atom. The fraction of sp³-hybridized carbons (Fsp3) is 0.429. The van der Waals surface area contributed by atoms with Crippen molar-refractivity contribution in [2.75, 3.05) is 0 Å². The molecule has 2 heteroatoms. The fourth-order valence-corrected chi connectivity index (χ4v) is 1.62. The molecule has 0 unspecified atom stereocenters. The molecule has 0 aliphatic rings. The highest BCUT2D eigenvalue weighted by atomic mass is 32.1. The molecule has 0 aromatic carbocycles. The average Bonchev–Trinajstić information content (AvgIpc) is 2.15. The first kappa shape index (κ1) is 6.78. The van der Waals surface area contributed by atoms with Crippen molar-refractivity contribution in [1.29, 1.82) is 0 Å². The Labute approximate surface area is 59.0 Å². The van der Waals surface area contributed by atoms with Gasteiger partial charge in [-0.25, -0.2) is 0 Å². The Morgan fingerprint density at radius 1 is 1.56 bits per heavy atom. The zero-order valence-corrected chi connectivity index (χ0v) is 6.46. The van der Waals surface area contributed by atoms with Gasteiger partial charge in [0.05, 0.1) is 6.61 Å². The lowest BCUT2D eigenvalue weighted by Crippen LogP contribution is -1.80. The maximum Gasteiger partial charge on any atom is 0.0777 e. The Balaban J connectivity index is 3.04. The van der Waals surface area contributed by atoms with Crippen molar-refractivity contribution in [2.24, 2.45) is 0 Å². The van der Waals surface area contributed by atoms with Crippen LogP contribution in [-0.2, 0) is 6.61 Å². The standard InChI is InChI=1S/C7H10OS/c1-5-4-9-7(3-8)6(5)2/h4,8H,3H2,1-2H3. The van der Waals surface area contributed by atoms with E-state index >= 15 is 0 Å². The van der Waals surface area contributed by atoms with E-state index in [0.717, 1.165) is 4.88 Å². The van der Waals surface area contributed by atoms with Crippen molar-refractivity contribution in [2.45, 2.75) is 20.5 Å². The van der Waals surface area contributed by atoms with Crippen molar-refractivity contribution in [1.82, 2.24) is 0 Å². The molecule has 9 heavy (non-hydrogen) atoms. The summed E-state index contributed by atoms with van der Waals surface area (Å²) in [5.41, 5.74) is 2.52. The molecule has 0 saturated heterocycles. The second-order valence-corrected chi connectivity index (χ2v) is 3.09. The van der Waals surface area contributed by atoms with Gasteiger partial charge in [0.2, 0.25) is 0 Å². The van der Waals surface area contributed by atoms with Gasteiger partial charge in [0, 0.05) is 4.88 Å². The molecule has 1 aromatic rings. The van der Waals surface area contributed by atoms with E-state index in [1.807, 2.05) is 6.92 Å². The first-order valence-corrected chi connectivity index (χ1v) is 3.78. The third-order valence-corrected chi connectivity index (χ3v) is 2.72. The van der Waals surface area contributed by atoms with Crippen LogP contribution >= 0.6 is 11.3 Å². The molecule has 50 valence electrons. The minimum atomic E-state index is 0.185. The zero-order chi connectivity index (χ0) is 6.85. The van der Waals surface area contributed by atoms with Gasteiger partial charge in [0.25, 0.3) is 0 Å². The van der Waals surface area contributed by atoms with E-state index < -0.39 is 0 Å². The molecule has 0 bridgehead atoms. The average molecular weight is 142 g/mol. The topological polar surface area (TPSA) is 20.2 Å². The SMILES string of the molecule is Cc1csc(CO)c1C. The summed E-state index contributed by atoms with van der Waals surface area (Å²) in [6.45, 7) is 4.28. The number of aliphatic hydroxyl groups excluding tert-OH is 1. The van der Waals surface area contributed by atoms with E-state index in [4.69, 9.17) is 5.11 Å². The number of aryl methyl sites for hydroxylation is 1. The highest BCUT2D eigenvalue weighted by molar-refractivity contribution is 7.10. The Hall–Kier alpha value is -0.340. The van der Waals surface area contributed by atoms with E-state index in [0.29, 0.717) is 0 Å². The van der Waals surface area contributed by atoms with Gasteiger partial charge in [0.15, 0.2) is 0 Å². The predicted octanol–water partition coefficient (Wildman–Crippen LogP) is 1.86. The van der Waals surface area contributed by atoms with Crippen molar-refractivity contribution in [3.05, 3.63) is 21.4 Å². The van der Waals surface area contributed by atoms with Crippen LogP contribution in [0.3, 0.4) is 0 Å². The van der Waals surface area contributed by atoms with Gasteiger partial charge in [-0.1, -0.05) is 0 Å². The van der Waals surface area contributed by atoms with Gasteiger partial charge >= 0.3 is 0 Å². The summed E-state index contributed by atoms with van der Waals surface area (Å²) < 4.78 is 0. The third kappa shape index (κ3) is 1.14. The molecule has 1 aromatic heterocycles. The van der Waals surface area contributed by atoms with Gasteiger partial charge in [-0.3, -0.25) is 0 Å². The normalized spacial score (nSPS) is 10.1. The van der Waals surface area contributed by atoms with Crippen molar-refractivity contribution in [3.8, 4) is 0 Å². The number of rotatable bonds is 1. The van der Waals surface area contributed by atoms with Gasteiger partial charge in [0.1, 0.15) is 0 Å². The number of aliphatic hydroxyl groups is 1. The Morgan fingerprint density at radius 3 is 2.44 bits per heavy atom. The fourth-order valence-electron chi connectivity index (χ4n) is 0.712. The van der Waals surface area contributed by atoms with Crippen LogP contribution in [0, 0.1) is 13.8 Å². The number of thiophene rings is 1. The zero-order valence-electron chi connectivity index (χ0n) is 5.64. The van der Waals surface area contributed by atoms with Crippen LogP contribution in [0.25, 0.3) is 0 Å². The molecule has 1 rings (SSSR count). The van der Waals surface area contributed by atoms with Crippen LogP contribution in [0.4, 0.5) is 0 Å². The summed E-state index contributed by atoms with van der Waals surface area (Å²) in [5.74, 6) is 0. The van der Waals surface area contributed by atoms with Crippen LogP contribution < -0.4 is 0 Å². The number of hydrogen-bond donors (Lipinski definition) is 1. The molecule has 0 saturated carbocycles. The van der Waals surface area contributed by atoms with E-state index in [9.17, 15) is 0 Å². The molecule has 0 spiro atoms. The lowest BCUT2D eigenvalue weighted by atomic mass is 10.2. The maximum atomic E-state index is 8.74. The highest BCUT2D eigenvalue weighted by Crippen LogP contribution is 2.19. The Bertz CT molecular complexity index is 203. The van der Waals surface area contributed by atoms with E-state index in [1.165, 1.54) is 11.1 Å². The van der Waals surface area contributed by atoms with Crippen molar-refractivity contribution in [3.63, 3.8) is 0 Å². The highest BCUT2D eigenvalue weighted by Gasteiger charge is 2.00. The smallest absolute Gasteiger partial charge is 0.0777 e. The summed E-state index contributed by atoms with van der Waals surface area (Å²) in [4.78, 5) is 1.09. The first-order chi connectivity index (χ1) is 4.25. The second kappa shape index (κ2) is 2.50. The molecule has 1 N–H and O–H groups in total. The minimum absolute atomic E-state index is 0.185. The largest absolute Gasteiger partial charge is 0.391 e. The molecule has 0 atom stereocenters. The number of hydrogen-bond acceptors (Lipinski definition) is 2. The van der Waals surface area contributed by atoms with Crippen LogP contribution in [0.1, 0.15) is 16.0 Å². The maximum absolute atomic E-state index is 8.74. The van der Waals surface area contributed by atoms with Crippen LogP contribution in [0.2, 0.25) is 0 Å². The van der Waals surface area contributed by atoms with Crippen molar-refractivity contribution < 1.29 is 5.11 Å².